The van der Waals surface area contributed by atoms with Crippen molar-refractivity contribution in [1.82, 2.24) is 24.6 Å². The number of nitrogens with zero attached hydrogens (tertiary/aromatic N) is 5. The predicted molar refractivity (Wildman–Crippen MR) is 119 cm³/mol. The second-order valence-corrected chi connectivity index (χ2v) is 8.02. The molecule has 0 bridgehead atoms. The summed E-state index contributed by atoms with van der Waals surface area (Å²) in [5.74, 6) is 1.36. The molecule has 7 nitrogen and oxygen atoms in total. The van der Waals surface area contributed by atoms with Crippen LogP contribution >= 0.6 is 0 Å². The van der Waals surface area contributed by atoms with Crippen molar-refractivity contribution in [3.05, 3.63) is 72.8 Å². The summed E-state index contributed by atoms with van der Waals surface area (Å²) in [4.78, 5) is 14.0. The molecule has 3 N–H and O–H groups in total. The molecule has 0 aliphatic heterocycles. The van der Waals surface area contributed by atoms with Gasteiger partial charge in [-0.1, -0.05) is 48.5 Å². The maximum absolute atomic E-state index is 9.77. The topological polar surface area (TPSA) is 102 Å². The highest BCUT2D eigenvalue weighted by Gasteiger charge is 2.33. The minimum Gasteiger partial charge on any atom is -0.393 e. The zero-order valence-corrected chi connectivity index (χ0v) is 16.7. The van der Waals surface area contributed by atoms with E-state index in [1.165, 1.54) is 6.33 Å². The number of imidazole rings is 1. The third-order valence-electron chi connectivity index (χ3n) is 6.00. The summed E-state index contributed by atoms with van der Waals surface area (Å²) in [6.07, 6.45) is 2.53. The van der Waals surface area contributed by atoms with Crippen LogP contribution in [0.5, 0.6) is 0 Å². The molecule has 0 radical (unpaired) electrons. The number of aliphatic hydroxyl groups is 1. The minimum atomic E-state index is -0.277. The highest BCUT2D eigenvalue weighted by atomic mass is 16.3. The SMILES string of the molecule is Nc1ncnn2c(C3CC(O)C3)nc(-c3ccc4ccc(-c5ccccc5)nc4c3)c12. The van der Waals surface area contributed by atoms with Gasteiger partial charge in [0.05, 0.1) is 17.3 Å². The first-order valence-electron chi connectivity index (χ1n) is 10.3. The average molecular weight is 408 g/mol. The van der Waals surface area contributed by atoms with Crippen LogP contribution in [0.15, 0.2) is 67.0 Å². The number of fused-ring (bicyclic) bond motifs is 2. The first-order valence-corrected chi connectivity index (χ1v) is 10.3. The Kier molecular flexibility index (Phi) is 3.97. The van der Waals surface area contributed by atoms with Crippen molar-refractivity contribution in [1.29, 1.82) is 0 Å². The van der Waals surface area contributed by atoms with Crippen LogP contribution in [0.1, 0.15) is 24.6 Å². The summed E-state index contributed by atoms with van der Waals surface area (Å²) < 4.78 is 1.77. The Bertz CT molecular complexity index is 1420. The predicted octanol–water partition coefficient (Wildman–Crippen LogP) is 3.83. The number of nitrogen functional groups attached to an aromatic ring is 1. The first kappa shape index (κ1) is 18.0. The molecule has 6 rings (SSSR count). The van der Waals surface area contributed by atoms with Gasteiger partial charge in [0.25, 0.3) is 0 Å². The first-order chi connectivity index (χ1) is 15.2. The van der Waals surface area contributed by atoms with E-state index in [9.17, 15) is 5.11 Å². The molecule has 7 heteroatoms. The lowest BCUT2D eigenvalue weighted by Crippen LogP contribution is -2.28. The quantitative estimate of drug-likeness (QED) is 0.470. The van der Waals surface area contributed by atoms with E-state index in [0.717, 1.165) is 39.2 Å². The third-order valence-corrected chi connectivity index (χ3v) is 6.00. The second kappa shape index (κ2) is 6.85. The Morgan fingerprint density at radius 1 is 0.935 bits per heavy atom. The van der Waals surface area contributed by atoms with Crippen molar-refractivity contribution in [3.63, 3.8) is 0 Å². The maximum atomic E-state index is 9.77. The van der Waals surface area contributed by atoms with E-state index in [-0.39, 0.29) is 12.0 Å². The van der Waals surface area contributed by atoms with Gasteiger partial charge < -0.3 is 10.8 Å². The molecule has 1 saturated carbocycles. The van der Waals surface area contributed by atoms with Crippen LogP contribution in [0.25, 0.3) is 38.9 Å². The molecule has 1 aliphatic carbocycles. The molecule has 3 aromatic heterocycles. The van der Waals surface area contributed by atoms with Gasteiger partial charge in [0.15, 0.2) is 5.82 Å². The van der Waals surface area contributed by atoms with Gasteiger partial charge in [0, 0.05) is 22.4 Å². The van der Waals surface area contributed by atoms with E-state index >= 15 is 0 Å². The number of pyridine rings is 1. The van der Waals surface area contributed by atoms with Gasteiger partial charge in [0.2, 0.25) is 0 Å². The molecule has 152 valence electrons. The normalized spacial score (nSPS) is 18.4. The number of hydrogen-bond donors (Lipinski definition) is 2. The second-order valence-electron chi connectivity index (χ2n) is 8.02. The van der Waals surface area contributed by atoms with Gasteiger partial charge in [-0.25, -0.2) is 19.5 Å². The standard InChI is InChI=1S/C24H20N6O/c25-23-22-21(29-24(17-10-18(31)11-17)30(22)27-13-26-23)16-7-6-15-8-9-19(28-20(15)12-16)14-4-2-1-3-5-14/h1-9,12-13,17-18,31H,10-11H2,(H2,25,26,27). The Labute approximate surface area is 178 Å². The largest absolute Gasteiger partial charge is 0.393 e. The molecule has 31 heavy (non-hydrogen) atoms. The van der Waals surface area contributed by atoms with Crippen LogP contribution < -0.4 is 5.73 Å². The lowest BCUT2D eigenvalue weighted by atomic mass is 9.82. The van der Waals surface area contributed by atoms with E-state index in [0.29, 0.717) is 24.2 Å². The van der Waals surface area contributed by atoms with E-state index in [4.69, 9.17) is 15.7 Å². The number of aromatic nitrogens is 5. The fraction of sp³-hybridized carbons (Fsp3) is 0.167. The van der Waals surface area contributed by atoms with Crippen LogP contribution in [-0.4, -0.2) is 35.8 Å². The van der Waals surface area contributed by atoms with Crippen molar-refractivity contribution in [3.8, 4) is 22.5 Å². The average Bonchev–Trinajstić information content (AvgIpc) is 3.17. The van der Waals surface area contributed by atoms with Crippen LogP contribution in [0.3, 0.4) is 0 Å². The molecule has 0 unspecified atom stereocenters. The van der Waals surface area contributed by atoms with E-state index in [1.54, 1.807) is 4.52 Å². The molecule has 0 spiro atoms. The summed E-state index contributed by atoms with van der Waals surface area (Å²) in [6.45, 7) is 0. The molecule has 1 fully saturated rings. The Balaban J connectivity index is 1.51. The van der Waals surface area contributed by atoms with Crippen molar-refractivity contribution >= 4 is 22.2 Å². The third kappa shape index (κ3) is 2.93. The molecular formula is C24H20N6O. The van der Waals surface area contributed by atoms with Crippen molar-refractivity contribution in [2.45, 2.75) is 24.9 Å². The summed E-state index contributed by atoms with van der Waals surface area (Å²) in [7, 11) is 0. The number of aliphatic hydroxyl groups excluding tert-OH is 1. The van der Waals surface area contributed by atoms with E-state index in [2.05, 4.69) is 28.3 Å². The number of nitrogens with two attached hydrogens (primary N) is 1. The Hall–Kier alpha value is -3.84. The molecular weight excluding hydrogens is 388 g/mol. The van der Waals surface area contributed by atoms with Gasteiger partial charge in [-0.3, -0.25) is 0 Å². The lowest BCUT2D eigenvalue weighted by Gasteiger charge is -2.29. The van der Waals surface area contributed by atoms with Crippen molar-refractivity contribution < 1.29 is 5.11 Å². The lowest BCUT2D eigenvalue weighted by molar-refractivity contribution is 0.0711. The van der Waals surface area contributed by atoms with Gasteiger partial charge in [-0.05, 0) is 25.0 Å². The summed E-state index contributed by atoms with van der Waals surface area (Å²) >= 11 is 0. The zero-order valence-electron chi connectivity index (χ0n) is 16.7. The molecule has 2 aromatic carbocycles. The van der Waals surface area contributed by atoms with E-state index in [1.807, 2.05) is 42.5 Å². The highest BCUT2D eigenvalue weighted by molar-refractivity contribution is 5.91. The monoisotopic (exact) mass is 408 g/mol. The van der Waals surface area contributed by atoms with E-state index < -0.39 is 0 Å². The fourth-order valence-electron chi connectivity index (χ4n) is 4.28. The maximum Gasteiger partial charge on any atom is 0.153 e. The van der Waals surface area contributed by atoms with Crippen LogP contribution in [0.4, 0.5) is 5.82 Å². The fourth-order valence-corrected chi connectivity index (χ4v) is 4.28. The molecule has 0 amide bonds. The smallest absolute Gasteiger partial charge is 0.153 e. The number of hydrogen-bond acceptors (Lipinski definition) is 6. The molecule has 0 saturated heterocycles. The van der Waals surface area contributed by atoms with Crippen LogP contribution in [-0.2, 0) is 0 Å². The van der Waals surface area contributed by atoms with Crippen LogP contribution in [0.2, 0.25) is 0 Å². The van der Waals surface area contributed by atoms with Gasteiger partial charge in [-0.15, -0.1) is 0 Å². The summed E-state index contributed by atoms with van der Waals surface area (Å²) in [5.41, 5.74) is 11.5. The summed E-state index contributed by atoms with van der Waals surface area (Å²) in [5, 5.41) is 15.2. The summed E-state index contributed by atoms with van der Waals surface area (Å²) in [6, 6.07) is 20.4. The molecule has 3 heterocycles. The Morgan fingerprint density at radius 2 is 1.74 bits per heavy atom. The molecule has 1 aliphatic rings. The van der Waals surface area contributed by atoms with Gasteiger partial charge >= 0.3 is 0 Å². The van der Waals surface area contributed by atoms with Crippen molar-refractivity contribution in [2.75, 3.05) is 5.73 Å². The minimum absolute atomic E-state index is 0.161. The number of rotatable bonds is 3. The van der Waals surface area contributed by atoms with Gasteiger partial charge in [-0.2, -0.15) is 5.10 Å². The zero-order chi connectivity index (χ0) is 20.9. The van der Waals surface area contributed by atoms with Crippen LogP contribution in [0, 0.1) is 0 Å². The molecule has 0 atom stereocenters. The number of benzene rings is 2. The number of anilines is 1. The highest BCUT2D eigenvalue weighted by Crippen LogP contribution is 2.39. The van der Waals surface area contributed by atoms with Crippen molar-refractivity contribution in [2.24, 2.45) is 0 Å². The van der Waals surface area contributed by atoms with Gasteiger partial charge in [0.1, 0.15) is 23.4 Å². The Morgan fingerprint density at radius 3 is 2.55 bits per heavy atom. The molecule has 5 aromatic rings.